The lowest BCUT2D eigenvalue weighted by Crippen LogP contribution is -2.33. The van der Waals surface area contributed by atoms with E-state index in [1.165, 1.54) is 12.1 Å². The normalized spacial score (nSPS) is 12.6. The fraction of sp³-hybridized carbons (Fsp3) is 0.130. The van der Waals surface area contributed by atoms with Crippen LogP contribution in [0, 0.1) is 0 Å². The number of carbonyl (C=O) groups is 2. The van der Waals surface area contributed by atoms with E-state index in [1.807, 2.05) is 48.5 Å². The maximum absolute atomic E-state index is 13.0. The number of amides is 1. The van der Waals surface area contributed by atoms with Crippen LogP contribution in [0.4, 0.5) is 11.4 Å². The summed E-state index contributed by atoms with van der Waals surface area (Å²) in [7, 11) is -3.71. The number of anilines is 2. The third-order valence-corrected chi connectivity index (χ3v) is 7.32. The zero-order chi connectivity index (χ0) is 22.6. The maximum atomic E-state index is 13.0. The van der Waals surface area contributed by atoms with Crippen LogP contribution in [-0.4, -0.2) is 33.4 Å². The van der Waals surface area contributed by atoms with Crippen molar-refractivity contribution in [2.24, 2.45) is 0 Å². The molecule has 0 saturated carbocycles. The molecule has 0 saturated heterocycles. The van der Waals surface area contributed by atoms with E-state index in [0.29, 0.717) is 0 Å². The Bertz CT molecular complexity index is 1200. The highest BCUT2D eigenvalue weighted by atomic mass is 32.2. The minimum absolute atomic E-state index is 0.115. The highest BCUT2D eigenvalue weighted by molar-refractivity contribution is 7.99. The average Bonchev–Trinajstić information content (AvgIpc) is 2.81. The Morgan fingerprint density at radius 1 is 0.844 bits per heavy atom. The largest absolute Gasteiger partial charge is 0.455 e. The van der Waals surface area contributed by atoms with Crippen LogP contribution in [0.1, 0.15) is 6.42 Å². The van der Waals surface area contributed by atoms with E-state index in [9.17, 15) is 18.0 Å². The van der Waals surface area contributed by atoms with E-state index < -0.39 is 22.6 Å². The summed E-state index contributed by atoms with van der Waals surface area (Å²) in [5.74, 6) is -1.05. The van der Waals surface area contributed by atoms with Crippen molar-refractivity contribution in [1.29, 1.82) is 0 Å². The third kappa shape index (κ3) is 4.85. The summed E-state index contributed by atoms with van der Waals surface area (Å²) in [6.45, 7) is -0.576. The molecular weight excluding hydrogens is 448 g/mol. The SMILES string of the molecule is O=C(CCNS(=O)(=O)c1ccccc1)OCC(=O)N1c2ccccc2Sc2ccccc21. The lowest BCUT2D eigenvalue weighted by atomic mass is 10.2. The summed E-state index contributed by atoms with van der Waals surface area (Å²) in [5.41, 5.74) is 1.46. The van der Waals surface area contributed by atoms with Gasteiger partial charge in [0.15, 0.2) is 6.61 Å². The Labute approximate surface area is 190 Å². The smallest absolute Gasteiger partial charge is 0.307 e. The first-order valence-electron chi connectivity index (χ1n) is 9.85. The van der Waals surface area contributed by atoms with E-state index >= 15 is 0 Å². The van der Waals surface area contributed by atoms with Crippen molar-refractivity contribution in [3.05, 3.63) is 78.9 Å². The highest BCUT2D eigenvalue weighted by Gasteiger charge is 2.28. The van der Waals surface area contributed by atoms with Crippen LogP contribution in [-0.2, 0) is 24.3 Å². The van der Waals surface area contributed by atoms with Gasteiger partial charge in [-0.1, -0.05) is 54.2 Å². The van der Waals surface area contributed by atoms with Gasteiger partial charge in [-0.25, -0.2) is 13.1 Å². The molecule has 0 fully saturated rings. The van der Waals surface area contributed by atoms with Crippen molar-refractivity contribution in [2.45, 2.75) is 21.1 Å². The van der Waals surface area contributed by atoms with Gasteiger partial charge in [-0.05, 0) is 36.4 Å². The Hall–Kier alpha value is -3.14. The van der Waals surface area contributed by atoms with Crippen LogP contribution < -0.4 is 9.62 Å². The number of para-hydroxylation sites is 2. The van der Waals surface area contributed by atoms with E-state index in [0.717, 1.165) is 21.2 Å². The van der Waals surface area contributed by atoms with Gasteiger partial charge < -0.3 is 4.74 Å². The molecule has 32 heavy (non-hydrogen) atoms. The monoisotopic (exact) mass is 468 g/mol. The van der Waals surface area contributed by atoms with Gasteiger partial charge in [0, 0.05) is 16.3 Å². The van der Waals surface area contributed by atoms with Crippen molar-refractivity contribution >= 4 is 45.0 Å². The zero-order valence-corrected chi connectivity index (χ0v) is 18.6. The van der Waals surface area contributed by atoms with E-state index in [-0.39, 0.29) is 23.8 Å². The number of esters is 1. The van der Waals surface area contributed by atoms with Gasteiger partial charge in [-0.15, -0.1) is 0 Å². The topological polar surface area (TPSA) is 92.8 Å². The van der Waals surface area contributed by atoms with E-state index in [2.05, 4.69) is 4.72 Å². The van der Waals surface area contributed by atoms with Crippen molar-refractivity contribution in [3.8, 4) is 0 Å². The van der Waals surface area contributed by atoms with Crippen LogP contribution in [0.15, 0.2) is 93.5 Å². The number of rotatable bonds is 7. The highest BCUT2D eigenvalue weighted by Crippen LogP contribution is 2.47. The first-order valence-corrected chi connectivity index (χ1v) is 12.1. The van der Waals surface area contributed by atoms with Gasteiger partial charge in [0.05, 0.1) is 22.7 Å². The lowest BCUT2D eigenvalue weighted by molar-refractivity contribution is -0.147. The van der Waals surface area contributed by atoms with Crippen LogP contribution in [0.2, 0.25) is 0 Å². The number of sulfonamides is 1. The molecule has 0 atom stereocenters. The quantitative estimate of drug-likeness (QED) is 0.531. The molecule has 0 aromatic heterocycles. The molecule has 0 unspecified atom stereocenters. The molecule has 0 spiro atoms. The van der Waals surface area contributed by atoms with Gasteiger partial charge >= 0.3 is 5.97 Å². The number of hydrogen-bond acceptors (Lipinski definition) is 6. The predicted octanol–water partition coefficient (Wildman–Crippen LogP) is 3.73. The number of fused-ring (bicyclic) bond motifs is 2. The van der Waals surface area contributed by atoms with Gasteiger partial charge in [0.1, 0.15) is 0 Å². The molecule has 7 nitrogen and oxygen atoms in total. The summed E-state index contributed by atoms with van der Waals surface area (Å²) in [5, 5.41) is 0. The van der Waals surface area contributed by atoms with Gasteiger partial charge in [0.2, 0.25) is 10.0 Å². The molecule has 1 heterocycles. The molecule has 1 aliphatic rings. The molecular formula is C23H20N2O5S2. The molecule has 3 aromatic carbocycles. The molecule has 1 aliphatic heterocycles. The number of benzene rings is 3. The Balaban J connectivity index is 1.36. The second kappa shape index (κ2) is 9.56. The Morgan fingerprint density at radius 2 is 1.41 bits per heavy atom. The first-order chi connectivity index (χ1) is 15.5. The summed E-state index contributed by atoms with van der Waals surface area (Å²) >= 11 is 1.57. The van der Waals surface area contributed by atoms with Gasteiger partial charge in [-0.3, -0.25) is 14.5 Å². The number of ether oxygens (including phenoxy) is 1. The fourth-order valence-corrected chi connectivity index (χ4v) is 5.33. The number of nitrogens with zero attached hydrogens (tertiary/aromatic N) is 1. The molecule has 9 heteroatoms. The molecule has 0 radical (unpaired) electrons. The average molecular weight is 469 g/mol. The Kier molecular flexibility index (Phi) is 6.59. The van der Waals surface area contributed by atoms with Crippen molar-refractivity contribution in [2.75, 3.05) is 18.1 Å². The predicted molar refractivity (Wildman–Crippen MR) is 121 cm³/mol. The minimum atomic E-state index is -3.71. The van der Waals surface area contributed by atoms with Crippen LogP contribution in [0.5, 0.6) is 0 Å². The van der Waals surface area contributed by atoms with Gasteiger partial charge in [0.25, 0.3) is 5.91 Å². The molecule has 3 aromatic rings. The van der Waals surface area contributed by atoms with Crippen LogP contribution in [0.3, 0.4) is 0 Å². The maximum Gasteiger partial charge on any atom is 0.307 e. The lowest BCUT2D eigenvalue weighted by Gasteiger charge is -2.30. The van der Waals surface area contributed by atoms with Crippen LogP contribution >= 0.6 is 11.8 Å². The number of nitrogens with one attached hydrogen (secondary N) is 1. The Morgan fingerprint density at radius 3 is 2.03 bits per heavy atom. The van der Waals surface area contributed by atoms with Crippen LogP contribution in [0.25, 0.3) is 0 Å². The van der Waals surface area contributed by atoms with Gasteiger partial charge in [-0.2, -0.15) is 0 Å². The van der Waals surface area contributed by atoms with Crippen molar-refractivity contribution in [3.63, 3.8) is 0 Å². The molecule has 164 valence electrons. The minimum Gasteiger partial charge on any atom is -0.455 e. The molecule has 0 bridgehead atoms. The molecule has 1 N–H and O–H groups in total. The standard InChI is InChI=1S/C23H20N2O5S2/c26-22(16-30-23(27)14-15-24-32(28,29)17-8-2-1-3-9-17)25-18-10-4-6-12-20(18)31-21-13-7-5-11-19(21)25/h1-13,24H,14-16H2. The van der Waals surface area contributed by atoms with E-state index in [1.54, 1.807) is 34.9 Å². The second-order valence-electron chi connectivity index (χ2n) is 6.89. The molecule has 4 rings (SSSR count). The molecule has 1 amide bonds. The van der Waals surface area contributed by atoms with E-state index in [4.69, 9.17) is 4.74 Å². The number of hydrogen-bond donors (Lipinski definition) is 1. The second-order valence-corrected chi connectivity index (χ2v) is 9.74. The third-order valence-electron chi connectivity index (χ3n) is 4.71. The first kappa shape index (κ1) is 22.1. The van der Waals surface area contributed by atoms with Crippen molar-refractivity contribution in [1.82, 2.24) is 4.72 Å². The molecule has 0 aliphatic carbocycles. The summed E-state index contributed by atoms with van der Waals surface area (Å²) in [6.07, 6.45) is -0.192. The fourth-order valence-electron chi connectivity index (χ4n) is 3.22. The summed E-state index contributed by atoms with van der Waals surface area (Å²) < 4.78 is 31.9. The van der Waals surface area contributed by atoms with Crippen molar-refractivity contribution < 1.29 is 22.7 Å². The zero-order valence-electron chi connectivity index (χ0n) is 16.9. The number of carbonyl (C=O) groups excluding carboxylic acids is 2. The summed E-state index contributed by atoms with van der Waals surface area (Å²) in [4.78, 5) is 28.6. The summed E-state index contributed by atoms with van der Waals surface area (Å²) in [6, 6.07) is 22.9.